The monoisotopic (exact) mass is 392 g/mol. The zero-order chi connectivity index (χ0) is 19.0. The highest BCUT2D eigenvalue weighted by Gasteiger charge is 2.33. The van der Waals surface area contributed by atoms with Crippen LogP contribution in [0.15, 0.2) is 48.7 Å². The SMILES string of the molecule is O=C(c1cc2ccccc2s1)N1CCN(c2ccc(C(F)(F)F)c[nH+]2)CC1. The highest BCUT2D eigenvalue weighted by molar-refractivity contribution is 7.20. The molecule has 0 unspecified atom stereocenters. The van der Waals surface area contributed by atoms with Crippen molar-refractivity contribution in [2.45, 2.75) is 6.18 Å². The van der Waals surface area contributed by atoms with E-state index in [2.05, 4.69) is 4.98 Å². The average molecular weight is 392 g/mol. The van der Waals surface area contributed by atoms with Gasteiger partial charge in [0.15, 0.2) is 0 Å². The first-order valence-corrected chi connectivity index (χ1v) is 9.35. The van der Waals surface area contributed by atoms with E-state index in [0.29, 0.717) is 36.9 Å². The predicted octanol–water partition coefficient (Wildman–Crippen LogP) is 3.70. The van der Waals surface area contributed by atoms with Crippen LogP contribution in [0.1, 0.15) is 15.2 Å². The number of piperazine rings is 1. The summed E-state index contributed by atoms with van der Waals surface area (Å²) in [7, 11) is 0. The van der Waals surface area contributed by atoms with Gasteiger partial charge in [0.1, 0.15) is 19.3 Å². The van der Waals surface area contributed by atoms with Crippen LogP contribution in [-0.2, 0) is 6.18 Å². The molecule has 8 heteroatoms. The minimum Gasteiger partial charge on any atom is -0.330 e. The van der Waals surface area contributed by atoms with Crippen LogP contribution >= 0.6 is 11.3 Å². The van der Waals surface area contributed by atoms with E-state index in [0.717, 1.165) is 22.3 Å². The second kappa shape index (κ2) is 6.84. The van der Waals surface area contributed by atoms with Gasteiger partial charge in [-0.15, -0.1) is 11.3 Å². The molecule has 1 saturated heterocycles. The lowest BCUT2D eigenvalue weighted by Gasteiger charge is -2.30. The normalized spacial score (nSPS) is 15.4. The van der Waals surface area contributed by atoms with Gasteiger partial charge in [0.25, 0.3) is 11.7 Å². The van der Waals surface area contributed by atoms with Gasteiger partial charge in [0, 0.05) is 10.8 Å². The Labute approximate surface area is 157 Å². The van der Waals surface area contributed by atoms with Gasteiger partial charge in [-0.25, -0.2) is 4.98 Å². The number of benzene rings is 1. The van der Waals surface area contributed by atoms with Crippen LogP contribution < -0.4 is 9.88 Å². The van der Waals surface area contributed by atoms with Crippen molar-refractivity contribution >= 4 is 33.1 Å². The van der Waals surface area contributed by atoms with E-state index in [9.17, 15) is 18.0 Å². The molecule has 3 heterocycles. The molecule has 27 heavy (non-hydrogen) atoms. The number of alkyl halides is 3. The van der Waals surface area contributed by atoms with E-state index in [-0.39, 0.29) is 5.91 Å². The van der Waals surface area contributed by atoms with Gasteiger partial charge < -0.3 is 4.90 Å². The fourth-order valence-electron chi connectivity index (χ4n) is 3.18. The Morgan fingerprint density at radius 2 is 1.78 bits per heavy atom. The summed E-state index contributed by atoms with van der Waals surface area (Å²) in [6, 6.07) is 12.3. The molecule has 0 atom stereocenters. The molecular weight excluding hydrogens is 375 g/mol. The molecule has 1 aliphatic rings. The van der Waals surface area contributed by atoms with Crippen molar-refractivity contribution in [2.24, 2.45) is 0 Å². The largest absolute Gasteiger partial charge is 0.419 e. The minimum atomic E-state index is -4.36. The number of nitrogens with one attached hydrogen (secondary N) is 1. The molecular formula is C19H17F3N3OS+. The smallest absolute Gasteiger partial charge is 0.330 e. The van der Waals surface area contributed by atoms with Crippen molar-refractivity contribution in [1.82, 2.24) is 4.90 Å². The van der Waals surface area contributed by atoms with Gasteiger partial charge >= 0.3 is 6.18 Å². The maximum absolute atomic E-state index is 12.8. The van der Waals surface area contributed by atoms with E-state index in [1.54, 1.807) is 4.90 Å². The van der Waals surface area contributed by atoms with Gasteiger partial charge in [0.2, 0.25) is 0 Å². The molecule has 2 aromatic heterocycles. The van der Waals surface area contributed by atoms with E-state index in [1.165, 1.54) is 17.4 Å². The summed E-state index contributed by atoms with van der Waals surface area (Å²) in [4.78, 5) is 19.9. The summed E-state index contributed by atoms with van der Waals surface area (Å²) in [6.07, 6.45) is -3.38. The fraction of sp³-hybridized carbons (Fsp3) is 0.263. The third-order valence-electron chi connectivity index (χ3n) is 4.67. The van der Waals surface area contributed by atoms with Crippen LogP contribution in [0.4, 0.5) is 19.0 Å². The van der Waals surface area contributed by atoms with Gasteiger partial charge in [-0.1, -0.05) is 18.2 Å². The van der Waals surface area contributed by atoms with Crippen molar-refractivity contribution in [2.75, 3.05) is 31.1 Å². The molecule has 0 radical (unpaired) electrons. The van der Waals surface area contributed by atoms with Crippen molar-refractivity contribution in [3.8, 4) is 0 Å². The Morgan fingerprint density at radius 1 is 1.04 bits per heavy atom. The number of pyridine rings is 1. The first kappa shape index (κ1) is 17.8. The maximum Gasteiger partial charge on any atom is 0.419 e. The number of rotatable bonds is 2. The van der Waals surface area contributed by atoms with Crippen molar-refractivity contribution in [1.29, 1.82) is 0 Å². The number of nitrogens with zero attached hydrogens (tertiary/aromatic N) is 2. The number of aromatic amines is 1. The Balaban J connectivity index is 1.41. The zero-order valence-electron chi connectivity index (χ0n) is 14.3. The van der Waals surface area contributed by atoms with Gasteiger partial charge in [-0.2, -0.15) is 13.2 Å². The summed E-state index contributed by atoms with van der Waals surface area (Å²) < 4.78 is 39.1. The second-order valence-corrected chi connectivity index (χ2v) is 7.47. The lowest BCUT2D eigenvalue weighted by molar-refractivity contribution is -0.367. The number of thiophene rings is 1. The first-order valence-electron chi connectivity index (χ1n) is 8.53. The number of amides is 1. The van der Waals surface area contributed by atoms with Crippen LogP contribution in [0, 0.1) is 0 Å². The minimum absolute atomic E-state index is 0.00671. The van der Waals surface area contributed by atoms with Crippen molar-refractivity contribution in [3.63, 3.8) is 0 Å². The third kappa shape index (κ3) is 3.62. The molecule has 1 aromatic carbocycles. The molecule has 0 aliphatic carbocycles. The van der Waals surface area contributed by atoms with Gasteiger partial charge in [-0.05, 0) is 23.6 Å². The highest BCUT2D eigenvalue weighted by atomic mass is 32.1. The van der Waals surface area contributed by atoms with Crippen LogP contribution in [0.5, 0.6) is 0 Å². The summed E-state index contributed by atoms with van der Waals surface area (Å²) in [6.45, 7) is 2.20. The molecule has 4 nitrogen and oxygen atoms in total. The summed E-state index contributed by atoms with van der Waals surface area (Å²) in [5, 5.41) is 1.06. The number of H-pyrrole nitrogens is 1. The van der Waals surface area contributed by atoms with Gasteiger partial charge in [0.05, 0.1) is 23.5 Å². The standard InChI is InChI=1S/C19H16F3N3OS/c20-19(21,22)14-5-6-17(23-12-14)24-7-9-25(10-8-24)18(26)16-11-13-3-1-2-4-15(13)27-16/h1-6,11-12H,7-10H2/p+1. The highest BCUT2D eigenvalue weighted by Crippen LogP contribution is 2.29. The summed E-state index contributed by atoms with van der Waals surface area (Å²) in [5.74, 6) is 0.629. The number of hydrogen-bond donors (Lipinski definition) is 0. The Morgan fingerprint density at radius 3 is 2.41 bits per heavy atom. The molecule has 4 rings (SSSR count). The Hall–Kier alpha value is -2.61. The maximum atomic E-state index is 12.8. The molecule has 140 valence electrons. The topological polar surface area (TPSA) is 37.7 Å². The first-order chi connectivity index (χ1) is 12.9. The number of hydrogen-bond acceptors (Lipinski definition) is 3. The Bertz CT molecular complexity index is 927. The molecule has 3 aromatic rings. The van der Waals surface area contributed by atoms with E-state index in [1.807, 2.05) is 35.2 Å². The van der Waals surface area contributed by atoms with Crippen molar-refractivity contribution < 1.29 is 22.9 Å². The molecule has 0 bridgehead atoms. The molecule has 1 amide bonds. The lowest BCUT2D eigenvalue weighted by atomic mass is 10.2. The van der Waals surface area contributed by atoms with Gasteiger partial charge in [-0.3, -0.25) is 9.69 Å². The summed E-state index contributed by atoms with van der Waals surface area (Å²) >= 11 is 1.48. The summed E-state index contributed by atoms with van der Waals surface area (Å²) in [5.41, 5.74) is -0.704. The van der Waals surface area contributed by atoms with Crippen LogP contribution in [0.3, 0.4) is 0 Å². The molecule has 1 fully saturated rings. The number of anilines is 1. The van der Waals surface area contributed by atoms with E-state index >= 15 is 0 Å². The molecule has 0 spiro atoms. The number of aromatic nitrogens is 1. The van der Waals surface area contributed by atoms with Crippen LogP contribution in [0.2, 0.25) is 0 Å². The second-order valence-electron chi connectivity index (χ2n) is 6.39. The number of carbonyl (C=O) groups excluding carboxylic acids is 1. The fourth-order valence-corrected chi connectivity index (χ4v) is 4.21. The van der Waals surface area contributed by atoms with Crippen LogP contribution in [0.25, 0.3) is 10.1 Å². The van der Waals surface area contributed by atoms with Crippen LogP contribution in [-0.4, -0.2) is 37.0 Å². The molecule has 0 saturated carbocycles. The quantitative estimate of drug-likeness (QED) is 0.667. The molecule has 1 N–H and O–H groups in total. The number of halogens is 3. The average Bonchev–Trinajstić information content (AvgIpc) is 3.11. The zero-order valence-corrected chi connectivity index (χ0v) is 15.1. The molecule has 1 aliphatic heterocycles. The number of fused-ring (bicyclic) bond motifs is 1. The van der Waals surface area contributed by atoms with E-state index < -0.39 is 11.7 Å². The van der Waals surface area contributed by atoms with E-state index in [4.69, 9.17) is 0 Å². The third-order valence-corrected chi connectivity index (χ3v) is 5.77. The number of carbonyl (C=O) groups is 1. The lowest BCUT2D eigenvalue weighted by Crippen LogP contribution is -2.49. The Kier molecular flexibility index (Phi) is 4.51. The van der Waals surface area contributed by atoms with Crippen molar-refractivity contribution in [3.05, 3.63) is 59.1 Å². The predicted molar refractivity (Wildman–Crippen MR) is 97.9 cm³/mol.